The molecule has 1 fully saturated rings. The molecule has 0 radical (unpaired) electrons. The molecule has 0 saturated carbocycles. The highest BCUT2D eigenvalue weighted by Crippen LogP contribution is 2.09. The van der Waals surface area contributed by atoms with Crippen molar-refractivity contribution in [3.63, 3.8) is 0 Å². The largest absolute Gasteiger partial charge is 0.341 e. The van der Waals surface area contributed by atoms with E-state index in [1.807, 2.05) is 11.8 Å². The Morgan fingerprint density at radius 1 is 1.19 bits per heavy atom. The summed E-state index contributed by atoms with van der Waals surface area (Å²) < 4.78 is 0. The van der Waals surface area contributed by atoms with Crippen LogP contribution in [0.1, 0.15) is 39.5 Å². The van der Waals surface area contributed by atoms with E-state index in [9.17, 15) is 9.59 Å². The second-order valence-electron chi connectivity index (χ2n) is 4.38. The number of carbonyl (C=O) groups is 2. The van der Waals surface area contributed by atoms with Gasteiger partial charge in [0.15, 0.2) is 0 Å². The molecule has 0 N–H and O–H groups in total. The fourth-order valence-electron chi connectivity index (χ4n) is 2.02. The van der Waals surface area contributed by atoms with E-state index in [0.717, 1.165) is 32.4 Å². The molecule has 1 heterocycles. The van der Waals surface area contributed by atoms with Crippen LogP contribution in [0.15, 0.2) is 0 Å². The zero-order chi connectivity index (χ0) is 12.0. The predicted octanol–water partition coefficient (Wildman–Crippen LogP) is 1.26. The van der Waals surface area contributed by atoms with Gasteiger partial charge in [-0.25, -0.2) is 0 Å². The molecule has 0 aromatic heterocycles. The molecule has 0 aromatic carbocycles. The van der Waals surface area contributed by atoms with Crippen molar-refractivity contribution < 1.29 is 9.59 Å². The highest BCUT2D eigenvalue weighted by Gasteiger charge is 2.19. The Labute approximate surface area is 97.6 Å². The summed E-state index contributed by atoms with van der Waals surface area (Å²) in [6.45, 7) is 6.19. The molecule has 1 rings (SSSR count). The summed E-state index contributed by atoms with van der Waals surface area (Å²) in [6.07, 6.45) is 4.31. The number of nitrogens with zero attached hydrogens (tertiary/aromatic N) is 2. The van der Waals surface area contributed by atoms with Crippen molar-refractivity contribution in [1.29, 1.82) is 0 Å². The molecule has 0 atom stereocenters. The number of hydrogen-bond acceptors (Lipinski definition) is 2. The molecule has 4 nitrogen and oxygen atoms in total. The topological polar surface area (TPSA) is 40.6 Å². The summed E-state index contributed by atoms with van der Waals surface area (Å²) in [5.74, 6) is 0.0931. The molecule has 1 saturated heterocycles. The zero-order valence-electron chi connectivity index (χ0n) is 10.4. The number of likely N-dealkylation sites (tertiary alicyclic amines) is 1. The van der Waals surface area contributed by atoms with Crippen LogP contribution in [0.5, 0.6) is 0 Å². The lowest BCUT2D eigenvalue weighted by Gasteiger charge is -2.29. The van der Waals surface area contributed by atoms with Crippen LogP contribution in [-0.4, -0.2) is 47.8 Å². The van der Waals surface area contributed by atoms with E-state index in [1.165, 1.54) is 13.3 Å². The smallest absolute Gasteiger partial charge is 0.242 e. The van der Waals surface area contributed by atoms with Crippen LogP contribution in [0.3, 0.4) is 0 Å². The van der Waals surface area contributed by atoms with Crippen LogP contribution in [0.2, 0.25) is 0 Å². The second kappa shape index (κ2) is 6.51. The van der Waals surface area contributed by atoms with Crippen LogP contribution in [0.25, 0.3) is 0 Å². The van der Waals surface area contributed by atoms with Gasteiger partial charge >= 0.3 is 0 Å². The lowest BCUT2D eigenvalue weighted by atomic mass is 10.1. The molecule has 2 amide bonds. The van der Waals surface area contributed by atoms with Crippen molar-refractivity contribution in [3.8, 4) is 0 Å². The van der Waals surface area contributed by atoms with Crippen LogP contribution in [-0.2, 0) is 9.59 Å². The molecule has 0 aromatic rings. The first-order valence-electron chi connectivity index (χ1n) is 6.18. The van der Waals surface area contributed by atoms with Gasteiger partial charge in [0.1, 0.15) is 0 Å². The van der Waals surface area contributed by atoms with E-state index >= 15 is 0 Å². The van der Waals surface area contributed by atoms with Crippen molar-refractivity contribution in [3.05, 3.63) is 0 Å². The molecular weight excluding hydrogens is 204 g/mol. The van der Waals surface area contributed by atoms with E-state index in [0.29, 0.717) is 6.54 Å². The predicted molar refractivity (Wildman–Crippen MR) is 63.0 cm³/mol. The van der Waals surface area contributed by atoms with Gasteiger partial charge < -0.3 is 9.80 Å². The third kappa shape index (κ3) is 3.83. The Balaban J connectivity index is 2.43. The number of carbonyl (C=O) groups excluding carboxylic acids is 2. The van der Waals surface area contributed by atoms with E-state index in [4.69, 9.17) is 0 Å². The van der Waals surface area contributed by atoms with Crippen LogP contribution in [0, 0.1) is 0 Å². The summed E-state index contributed by atoms with van der Waals surface area (Å²) in [5, 5.41) is 0. The minimum atomic E-state index is -0.00721. The fraction of sp³-hybridized carbons (Fsp3) is 0.833. The number of piperidine rings is 1. The molecule has 1 aliphatic rings. The van der Waals surface area contributed by atoms with Gasteiger partial charge in [0.25, 0.3) is 0 Å². The first kappa shape index (κ1) is 13.0. The maximum atomic E-state index is 11.9. The van der Waals surface area contributed by atoms with E-state index in [-0.39, 0.29) is 18.4 Å². The highest BCUT2D eigenvalue weighted by atomic mass is 16.2. The maximum Gasteiger partial charge on any atom is 0.242 e. The second-order valence-corrected chi connectivity index (χ2v) is 4.38. The molecule has 0 bridgehead atoms. The average Bonchev–Trinajstić information content (AvgIpc) is 2.29. The Morgan fingerprint density at radius 3 is 2.31 bits per heavy atom. The normalized spacial score (nSPS) is 16.0. The minimum absolute atomic E-state index is 0.00721. The first-order valence-corrected chi connectivity index (χ1v) is 6.18. The molecule has 0 aliphatic carbocycles. The molecule has 0 spiro atoms. The highest BCUT2D eigenvalue weighted by molar-refractivity contribution is 5.83. The Kier molecular flexibility index (Phi) is 5.29. The Morgan fingerprint density at radius 2 is 1.81 bits per heavy atom. The summed E-state index contributed by atoms with van der Waals surface area (Å²) in [6, 6.07) is 0. The van der Waals surface area contributed by atoms with Crippen molar-refractivity contribution in [2.24, 2.45) is 0 Å². The standard InChI is InChI=1S/C12H22N2O2/c1-3-7-14(11(2)15)10-12(16)13-8-5-4-6-9-13/h3-10H2,1-2H3. The van der Waals surface area contributed by atoms with Crippen LogP contribution in [0.4, 0.5) is 0 Å². The SMILES string of the molecule is CCCN(CC(=O)N1CCCCC1)C(C)=O. The summed E-state index contributed by atoms with van der Waals surface area (Å²) in [5.41, 5.74) is 0. The minimum Gasteiger partial charge on any atom is -0.341 e. The molecule has 4 heteroatoms. The average molecular weight is 226 g/mol. The quantitative estimate of drug-likeness (QED) is 0.724. The van der Waals surface area contributed by atoms with Gasteiger partial charge in [0, 0.05) is 26.6 Å². The molecule has 1 aliphatic heterocycles. The summed E-state index contributed by atoms with van der Waals surface area (Å²) in [7, 11) is 0. The third-order valence-corrected chi connectivity index (χ3v) is 2.97. The monoisotopic (exact) mass is 226 g/mol. The molecule has 0 unspecified atom stereocenters. The Hall–Kier alpha value is -1.06. The van der Waals surface area contributed by atoms with Gasteiger partial charge in [-0.05, 0) is 25.7 Å². The number of rotatable bonds is 4. The number of amides is 2. The lowest BCUT2D eigenvalue weighted by molar-refractivity contribution is -0.140. The van der Waals surface area contributed by atoms with E-state index < -0.39 is 0 Å². The molecule has 92 valence electrons. The summed E-state index contributed by atoms with van der Waals surface area (Å²) in [4.78, 5) is 26.7. The van der Waals surface area contributed by atoms with E-state index in [1.54, 1.807) is 4.90 Å². The van der Waals surface area contributed by atoms with Crippen molar-refractivity contribution >= 4 is 11.8 Å². The van der Waals surface area contributed by atoms with Gasteiger partial charge in [0.05, 0.1) is 6.54 Å². The molecular formula is C12H22N2O2. The van der Waals surface area contributed by atoms with Crippen LogP contribution >= 0.6 is 0 Å². The lowest BCUT2D eigenvalue weighted by Crippen LogP contribution is -2.44. The number of hydrogen-bond donors (Lipinski definition) is 0. The maximum absolute atomic E-state index is 11.9. The van der Waals surface area contributed by atoms with Gasteiger partial charge in [0.2, 0.25) is 11.8 Å². The van der Waals surface area contributed by atoms with Gasteiger partial charge in [-0.15, -0.1) is 0 Å². The Bertz CT molecular complexity index is 247. The van der Waals surface area contributed by atoms with Crippen molar-refractivity contribution in [2.75, 3.05) is 26.2 Å². The summed E-state index contributed by atoms with van der Waals surface area (Å²) >= 11 is 0. The van der Waals surface area contributed by atoms with E-state index in [2.05, 4.69) is 0 Å². The van der Waals surface area contributed by atoms with Gasteiger partial charge in [-0.2, -0.15) is 0 Å². The van der Waals surface area contributed by atoms with Crippen molar-refractivity contribution in [1.82, 2.24) is 9.80 Å². The van der Waals surface area contributed by atoms with Crippen LogP contribution < -0.4 is 0 Å². The first-order chi connectivity index (χ1) is 7.65. The fourth-order valence-corrected chi connectivity index (χ4v) is 2.02. The van der Waals surface area contributed by atoms with Crippen molar-refractivity contribution in [2.45, 2.75) is 39.5 Å². The molecule has 16 heavy (non-hydrogen) atoms. The zero-order valence-corrected chi connectivity index (χ0v) is 10.4. The van der Waals surface area contributed by atoms with Gasteiger partial charge in [-0.3, -0.25) is 9.59 Å². The van der Waals surface area contributed by atoms with Gasteiger partial charge in [-0.1, -0.05) is 6.92 Å². The third-order valence-electron chi connectivity index (χ3n) is 2.97.